The van der Waals surface area contributed by atoms with Crippen molar-refractivity contribution in [3.8, 4) is 0 Å². The van der Waals surface area contributed by atoms with E-state index in [-0.39, 0.29) is 10.8 Å². The van der Waals surface area contributed by atoms with E-state index in [1.54, 1.807) is 0 Å². The summed E-state index contributed by atoms with van der Waals surface area (Å²) in [5.74, 6) is 0. The average Bonchev–Trinajstić information content (AvgIpc) is 2.59. The molecule has 1 aromatic carbocycles. The van der Waals surface area contributed by atoms with E-state index in [0.29, 0.717) is 0 Å². The monoisotopic (exact) mass is 232 g/mol. The fraction of sp³-hybridized carbons (Fsp3) is 0.467. The van der Waals surface area contributed by atoms with Crippen molar-refractivity contribution in [2.45, 2.75) is 40.0 Å². The Kier molecular flexibility index (Phi) is 2.62. The van der Waals surface area contributed by atoms with Crippen molar-refractivity contribution in [3.63, 3.8) is 0 Å². The summed E-state index contributed by atoms with van der Waals surface area (Å²) in [5, 5.41) is 1.37. The van der Waals surface area contributed by atoms with E-state index < -0.39 is 0 Å². The van der Waals surface area contributed by atoms with Gasteiger partial charge in [-0.05, 0) is 22.9 Å². The predicted octanol–water partition coefficient (Wildman–Crippen LogP) is 5.23. The number of benzene rings is 1. The van der Waals surface area contributed by atoms with Crippen LogP contribution in [0.5, 0.6) is 0 Å². The van der Waals surface area contributed by atoms with Crippen molar-refractivity contribution in [3.05, 3.63) is 35.2 Å². The molecule has 0 spiro atoms. The molecule has 1 heteroatoms. The van der Waals surface area contributed by atoms with E-state index in [0.717, 1.165) is 0 Å². The summed E-state index contributed by atoms with van der Waals surface area (Å²) in [6.07, 6.45) is 0. The van der Waals surface area contributed by atoms with E-state index in [9.17, 15) is 0 Å². The minimum Gasteiger partial charge on any atom is -0.140 e. The number of thiophene rings is 1. The fourth-order valence-corrected chi connectivity index (χ4v) is 3.04. The van der Waals surface area contributed by atoms with Crippen LogP contribution in [0, 0.1) is 5.41 Å². The van der Waals surface area contributed by atoms with Crippen LogP contribution in [0.4, 0.5) is 0 Å². The van der Waals surface area contributed by atoms with Gasteiger partial charge in [-0.15, -0.1) is 11.3 Å². The van der Waals surface area contributed by atoms with Crippen LogP contribution in [0.25, 0.3) is 10.1 Å². The third-order valence-electron chi connectivity index (χ3n) is 3.92. The molecule has 1 heterocycles. The highest BCUT2D eigenvalue weighted by atomic mass is 32.1. The zero-order valence-corrected chi connectivity index (χ0v) is 11.6. The molecule has 0 saturated carbocycles. The van der Waals surface area contributed by atoms with Gasteiger partial charge in [0, 0.05) is 15.0 Å². The molecule has 0 saturated heterocycles. The minimum atomic E-state index is 0.219. The first-order chi connectivity index (χ1) is 7.32. The van der Waals surface area contributed by atoms with Gasteiger partial charge in [-0.3, -0.25) is 0 Å². The molecule has 0 nitrogen and oxygen atoms in total. The standard InChI is InChI=1S/C15H20S/c1-14(2,3)15(4,5)13-10-11-8-6-7-9-12(11)16-13/h6-10H,1-5H3. The van der Waals surface area contributed by atoms with Crippen LogP contribution in [-0.2, 0) is 5.41 Å². The maximum atomic E-state index is 2.35. The first-order valence-electron chi connectivity index (χ1n) is 5.81. The Bertz CT molecular complexity index is 464. The molecule has 0 aliphatic carbocycles. The Labute approximate surface area is 102 Å². The second-order valence-electron chi connectivity index (χ2n) is 6.02. The van der Waals surface area contributed by atoms with Gasteiger partial charge in [-0.2, -0.15) is 0 Å². The van der Waals surface area contributed by atoms with Crippen molar-refractivity contribution in [2.24, 2.45) is 5.41 Å². The van der Waals surface area contributed by atoms with Gasteiger partial charge in [0.25, 0.3) is 0 Å². The molecular formula is C15H20S. The highest BCUT2D eigenvalue weighted by Gasteiger charge is 2.35. The average molecular weight is 232 g/mol. The van der Waals surface area contributed by atoms with Crippen LogP contribution in [0.3, 0.4) is 0 Å². The molecule has 0 aliphatic rings. The Morgan fingerprint density at radius 1 is 0.938 bits per heavy atom. The van der Waals surface area contributed by atoms with Gasteiger partial charge in [0.15, 0.2) is 0 Å². The lowest BCUT2D eigenvalue weighted by atomic mass is 9.68. The molecule has 0 fully saturated rings. The first-order valence-corrected chi connectivity index (χ1v) is 6.63. The Morgan fingerprint density at radius 2 is 1.56 bits per heavy atom. The molecule has 16 heavy (non-hydrogen) atoms. The molecule has 0 radical (unpaired) electrons. The van der Waals surface area contributed by atoms with E-state index in [1.165, 1.54) is 15.0 Å². The van der Waals surface area contributed by atoms with Crippen molar-refractivity contribution in [1.29, 1.82) is 0 Å². The van der Waals surface area contributed by atoms with Crippen LogP contribution in [-0.4, -0.2) is 0 Å². The van der Waals surface area contributed by atoms with E-state index in [4.69, 9.17) is 0 Å². The molecule has 1 aromatic heterocycles. The number of rotatable bonds is 1. The molecule has 0 bridgehead atoms. The van der Waals surface area contributed by atoms with Gasteiger partial charge >= 0.3 is 0 Å². The van der Waals surface area contributed by atoms with Crippen LogP contribution in [0.1, 0.15) is 39.5 Å². The minimum absolute atomic E-state index is 0.219. The molecule has 2 rings (SSSR count). The number of hydrogen-bond donors (Lipinski definition) is 0. The van der Waals surface area contributed by atoms with E-state index in [1.807, 2.05) is 11.3 Å². The highest BCUT2D eigenvalue weighted by Crippen LogP contribution is 2.45. The lowest BCUT2D eigenvalue weighted by molar-refractivity contribution is 0.230. The molecule has 0 unspecified atom stereocenters. The Morgan fingerprint density at radius 3 is 2.12 bits per heavy atom. The second-order valence-corrected chi connectivity index (χ2v) is 7.11. The SMILES string of the molecule is CC(C)(C)C(C)(C)c1cc2ccccc2s1. The van der Waals surface area contributed by atoms with Crippen molar-refractivity contribution >= 4 is 21.4 Å². The molecular weight excluding hydrogens is 212 g/mol. The predicted molar refractivity (Wildman–Crippen MR) is 74.3 cm³/mol. The maximum Gasteiger partial charge on any atom is 0.0345 e. The van der Waals surface area contributed by atoms with Gasteiger partial charge in [0.1, 0.15) is 0 Å². The van der Waals surface area contributed by atoms with Gasteiger partial charge in [-0.1, -0.05) is 52.8 Å². The summed E-state index contributed by atoms with van der Waals surface area (Å²) in [4.78, 5) is 1.49. The third-order valence-corrected chi connectivity index (χ3v) is 5.36. The van der Waals surface area contributed by atoms with Crippen molar-refractivity contribution in [1.82, 2.24) is 0 Å². The van der Waals surface area contributed by atoms with Gasteiger partial charge in [0.2, 0.25) is 0 Å². The van der Waals surface area contributed by atoms with Gasteiger partial charge in [0.05, 0.1) is 0 Å². The summed E-state index contributed by atoms with van der Waals surface area (Å²) in [6.45, 7) is 11.6. The smallest absolute Gasteiger partial charge is 0.0345 e. The normalized spacial score (nSPS) is 13.3. The summed E-state index contributed by atoms with van der Waals surface area (Å²) in [7, 11) is 0. The van der Waals surface area contributed by atoms with Crippen LogP contribution < -0.4 is 0 Å². The zero-order chi connectivity index (χ0) is 12.0. The topological polar surface area (TPSA) is 0 Å². The molecule has 2 aromatic rings. The summed E-state index contributed by atoms with van der Waals surface area (Å²) in [6, 6.07) is 11.0. The molecule has 0 N–H and O–H groups in total. The number of hydrogen-bond acceptors (Lipinski definition) is 1. The lowest BCUT2D eigenvalue weighted by Gasteiger charge is -2.38. The van der Waals surface area contributed by atoms with Gasteiger partial charge < -0.3 is 0 Å². The van der Waals surface area contributed by atoms with E-state index in [2.05, 4.69) is 65.0 Å². The summed E-state index contributed by atoms with van der Waals surface area (Å²) in [5.41, 5.74) is 0.505. The fourth-order valence-electron chi connectivity index (χ4n) is 1.66. The quantitative estimate of drug-likeness (QED) is 0.632. The summed E-state index contributed by atoms with van der Waals surface area (Å²) >= 11 is 1.93. The lowest BCUT2D eigenvalue weighted by Crippen LogP contribution is -2.32. The second kappa shape index (κ2) is 3.59. The maximum absolute atomic E-state index is 2.35. The summed E-state index contributed by atoms with van der Waals surface area (Å²) < 4.78 is 1.40. The largest absolute Gasteiger partial charge is 0.140 e. The van der Waals surface area contributed by atoms with Gasteiger partial charge in [-0.25, -0.2) is 0 Å². The van der Waals surface area contributed by atoms with Crippen LogP contribution in [0.2, 0.25) is 0 Å². The molecule has 0 amide bonds. The van der Waals surface area contributed by atoms with Crippen molar-refractivity contribution < 1.29 is 0 Å². The Hall–Kier alpha value is -0.820. The molecule has 86 valence electrons. The third kappa shape index (κ3) is 1.78. The molecule has 0 atom stereocenters. The highest BCUT2D eigenvalue weighted by molar-refractivity contribution is 7.19. The van der Waals surface area contributed by atoms with Crippen molar-refractivity contribution in [2.75, 3.05) is 0 Å². The zero-order valence-electron chi connectivity index (χ0n) is 10.8. The van der Waals surface area contributed by atoms with Crippen LogP contribution >= 0.6 is 11.3 Å². The first kappa shape index (κ1) is 11.7. The number of fused-ring (bicyclic) bond motifs is 1. The Balaban J connectivity index is 2.56. The molecule has 0 aliphatic heterocycles. The van der Waals surface area contributed by atoms with E-state index >= 15 is 0 Å². The van der Waals surface area contributed by atoms with Crippen LogP contribution in [0.15, 0.2) is 30.3 Å².